The summed E-state index contributed by atoms with van der Waals surface area (Å²) in [4.78, 5) is 19.0. The summed E-state index contributed by atoms with van der Waals surface area (Å²) >= 11 is 1.71. The van der Waals surface area contributed by atoms with Gasteiger partial charge in [-0.05, 0) is 53.2 Å². The van der Waals surface area contributed by atoms with E-state index in [-0.39, 0.29) is 37.1 Å². The van der Waals surface area contributed by atoms with Gasteiger partial charge in [0.1, 0.15) is 19.0 Å². The minimum absolute atomic E-state index is 0. The van der Waals surface area contributed by atoms with Crippen LogP contribution in [0.15, 0.2) is 152 Å². The number of aryl methyl sites for hydroxylation is 1. The van der Waals surface area contributed by atoms with Gasteiger partial charge in [-0.2, -0.15) is 11.3 Å². The van der Waals surface area contributed by atoms with Crippen molar-refractivity contribution in [1.29, 1.82) is 0 Å². The molecule has 0 unspecified atom stereocenters. The Morgan fingerprint density at radius 1 is 0.355 bits per heavy atom. The number of rotatable bonds is 0. The van der Waals surface area contributed by atoms with Crippen LogP contribution in [-0.4, -0.2) is 29.5 Å². The SMILES string of the molecule is C.C.C.C.C.CC.CC.CC.CC.CC.CC.CC.CC.CC.CC.Cn1cccc1.c1ccc2nc3ccccc3cc2c1.c1ccncc1.c1ccsc1.c1ncncn1. The van der Waals surface area contributed by atoms with Gasteiger partial charge in [-0.15, -0.1) is 0 Å². The van der Waals surface area contributed by atoms with Crippen molar-refractivity contribution < 1.29 is 0 Å². The van der Waals surface area contributed by atoms with Crippen LogP contribution in [0, 0.1) is 0 Å². The average Bonchev–Trinajstić information content (AvgIpc) is 4.12. The molecule has 62 heavy (non-hydrogen) atoms. The zero-order valence-corrected chi connectivity index (χ0v) is 41.3. The quantitative estimate of drug-likeness (QED) is 0.142. The maximum Gasteiger partial charge on any atom is 0.119 e. The standard InChI is InChI=1S/C13H9N.C5H7N.C5H5N.C4H4S.C3H3N3.10C2H6.5CH4/c1-3-7-12-10(5-1)9-11-6-2-4-8-13(11)14-12;1-6-4-2-3-5-6;1-2-4-6-5-3-1;1-2-4-5-3-1;1-4-2-6-3-5-1;10*1-2;;;;;/h1-9H;2-5H,1H3;1-5H;1-4H;1-3H;10*1-2H3;5*1H4. The van der Waals surface area contributed by atoms with Crippen molar-refractivity contribution in [2.24, 2.45) is 7.05 Å². The molecule has 364 valence electrons. The minimum Gasteiger partial charge on any atom is -0.357 e. The predicted molar refractivity (Wildman–Crippen MR) is 300 cm³/mol. The number of para-hydroxylation sites is 2. The maximum absolute atomic E-state index is 4.58. The Morgan fingerprint density at radius 3 is 0.855 bits per heavy atom. The summed E-state index contributed by atoms with van der Waals surface area (Å²) in [6.45, 7) is 40.0. The van der Waals surface area contributed by atoms with Gasteiger partial charge < -0.3 is 4.57 Å². The van der Waals surface area contributed by atoms with E-state index in [2.05, 4.69) is 43.1 Å². The van der Waals surface area contributed by atoms with Gasteiger partial charge in [0, 0.05) is 42.6 Å². The average molecular weight is 886 g/mol. The van der Waals surface area contributed by atoms with Crippen LogP contribution in [0.3, 0.4) is 0 Å². The Hall–Kier alpha value is -4.75. The van der Waals surface area contributed by atoms with Crippen molar-refractivity contribution in [2.75, 3.05) is 0 Å². The van der Waals surface area contributed by atoms with Crippen LogP contribution in [-0.2, 0) is 7.05 Å². The van der Waals surface area contributed by atoms with E-state index in [1.54, 1.807) is 23.7 Å². The van der Waals surface area contributed by atoms with Gasteiger partial charge in [-0.25, -0.2) is 19.9 Å². The molecule has 0 atom stereocenters. The third-order valence-electron chi connectivity index (χ3n) is 4.57. The molecule has 7 rings (SSSR count). The summed E-state index contributed by atoms with van der Waals surface area (Å²) in [5.74, 6) is 0. The highest BCUT2D eigenvalue weighted by molar-refractivity contribution is 7.07. The van der Waals surface area contributed by atoms with Gasteiger partial charge in [0.2, 0.25) is 0 Å². The molecule has 0 N–H and O–H groups in total. The molecule has 6 nitrogen and oxygen atoms in total. The lowest BCUT2D eigenvalue weighted by Gasteiger charge is -1.99. The summed E-state index contributed by atoms with van der Waals surface area (Å²) in [5.41, 5.74) is 2.12. The van der Waals surface area contributed by atoms with E-state index < -0.39 is 0 Å². The topological polar surface area (TPSA) is 69.4 Å². The van der Waals surface area contributed by atoms with Crippen molar-refractivity contribution in [3.05, 3.63) is 152 Å². The molecule has 0 fully saturated rings. The Bertz CT molecular complexity index is 1270. The molecule has 0 bridgehead atoms. The number of hydrogen-bond acceptors (Lipinski definition) is 6. The summed E-state index contributed by atoms with van der Waals surface area (Å²) < 4.78 is 2.00. The first-order valence-electron chi connectivity index (χ1n) is 21.5. The fourth-order valence-electron chi connectivity index (χ4n) is 2.89. The number of hydrogen-bond donors (Lipinski definition) is 0. The number of pyridine rings is 2. The maximum atomic E-state index is 4.58. The second-order valence-electron chi connectivity index (χ2n) is 7.33. The first-order chi connectivity index (χ1) is 28.3. The lowest BCUT2D eigenvalue weighted by Crippen LogP contribution is -1.80. The second kappa shape index (κ2) is 101. The van der Waals surface area contributed by atoms with Crippen molar-refractivity contribution in [2.45, 2.75) is 176 Å². The highest BCUT2D eigenvalue weighted by Gasteiger charge is 1.96. The Balaban J connectivity index is -0.0000000405. The third kappa shape index (κ3) is 67.0. The van der Waals surface area contributed by atoms with E-state index in [0.29, 0.717) is 0 Å². The lowest BCUT2D eigenvalue weighted by molar-refractivity contribution is 0.928. The van der Waals surface area contributed by atoms with Crippen LogP contribution in [0.25, 0.3) is 21.8 Å². The Labute approximate surface area is 395 Å². The van der Waals surface area contributed by atoms with Crippen LogP contribution in [0.5, 0.6) is 0 Å². The van der Waals surface area contributed by atoms with E-state index in [0.717, 1.165) is 11.0 Å². The van der Waals surface area contributed by atoms with Crippen LogP contribution in [0.4, 0.5) is 0 Å². The highest BCUT2D eigenvalue weighted by Crippen LogP contribution is 2.18. The molecule has 0 radical (unpaired) electrons. The first-order valence-corrected chi connectivity index (χ1v) is 22.5. The molecule has 7 heteroatoms. The largest absolute Gasteiger partial charge is 0.357 e. The molecule has 0 saturated carbocycles. The van der Waals surface area contributed by atoms with Crippen molar-refractivity contribution >= 4 is 33.1 Å². The van der Waals surface area contributed by atoms with Crippen LogP contribution in [0.2, 0.25) is 0 Å². The van der Waals surface area contributed by atoms with E-state index >= 15 is 0 Å². The van der Waals surface area contributed by atoms with Gasteiger partial charge in [-0.1, -0.05) is 230 Å². The summed E-state index contributed by atoms with van der Waals surface area (Å²) in [7, 11) is 2.00. The second-order valence-corrected chi connectivity index (χ2v) is 8.15. The van der Waals surface area contributed by atoms with Crippen molar-refractivity contribution in [1.82, 2.24) is 29.5 Å². The van der Waals surface area contributed by atoms with E-state index in [4.69, 9.17) is 0 Å². The predicted octanol–water partition coefficient (Wildman–Crippen LogP) is 20.6. The smallest absolute Gasteiger partial charge is 0.119 e. The molecule has 5 aromatic heterocycles. The molecular weight excluding hydrogens is 777 g/mol. The molecule has 0 saturated heterocycles. The molecule has 5 heterocycles. The lowest BCUT2D eigenvalue weighted by atomic mass is 10.1. The zero-order valence-electron chi connectivity index (χ0n) is 40.5. The van der Waals surface area contributed by atoms with E-state index in [9.17, 15) is 0 Å². The molecule has 2 aromatic carbocycles. The number of fused-ring (bicyclic) bond motifs is 2. The molecule has 0 amide bonds. The van der Waals surface area contributed by atoms with Crippen LogP contribution in [0.1, 0.15) is 176 Å². The molecule has 0 aliphatic rings. The van der Waals surface area contributed by atoms with Gasteiger partial charge in [0.05, 0.1) is 11.0 Å². The van der Waals surface area contributed by atoms with Crippen LogP contribution < -0.4 is 0 Å². The van der Waals surface area contributed by atoms with E-state index in [1.807, 2.05) is 252 Å². The van der Waals surface area contributed by atoms with Gasteiger partial charge in [0.15, 0.2) is 0 Å². The summed E-state index contributed by atoms with van der Waals surface area (Å²) in [6, 6.07) is 32.3. The van der Waals surface area contributed by atoms with Gasteiger partial charge in [0.25, 0.3) is 0 Å². The fourth-order valence-corrected chi connectivity index (χ4v) is 3.34. The summed E-state index contributed by atoms with van der Waals surface area (Å²) in [5, 5.41) is 6.48. The number of thiophene rings is 1. The van der Waals surface area contributed by atoms with Gasteiger partial charge >= 0.3 is 0 Å². The normalized spacial score (nSPS) is 6.47. The highest BCUT2D eigenvalue weighted by atomic mass is 32.1. The fraction of sp³-hybridized carbons (Fsp3) is 0.473. The minimum atomic E-state index is 0. The third-order valence-corrected chi connectivity index (χ3v) is 5.20. The molecule has 0 spiro atoms. The van der Waals surface area contributed by atoms with Crippen molar-refractivity contribution in [3.8, 4) is 0 Å². The first kappa shape index (κ1) is 92.5. The Kier molecular flexibility index (Phi) is 151. The van der Waals surface area contributed by atoms with Gasteiger partial charge in [-0.3, -0.25) is 4.98 Å². The number of nitrogens with zero attached hydrogens (tertiary/aromatic N) is 6. The van der Waals surface area contributed by atoms with Crippen LogP contribution >= 0.6 is 11.3 Å². The van der Waals surface area contributed by atoms with E-state index in [1.165, 1.54) is 29.8 Å². The molecule has 0 aliphatic carbocycles. The summed E-state index contributed by atoms with van der Waals surface area (Å²) in [6.07, 6.45) is 11.8. The molecule has 7 aromatic rings. The van der Waals surface area contributed by atoms with Crippen molar-refractivity contribution in [3.63, 3.8) is 0 Å². The molecular formula is C55H108N6S. The Morgan fingerprint density at radius 2 is 0.661 bits per heavy atom. The number of aromatic nitrogens is 6. The zero-order chi connectivity index (χ0) is 45.8. The monoisotopic (exact) mass is 885 g/mol. The number of benzene rings is 2. The molecule has 0 aliphatic heterocycles.